The Kier molecular flexibility index (Phi) is 6.46. The molecule has 1 N–H and O–H groups in total. The normalized spacial score (nSPS) is 13.2. The van der Waals surface area contributed by atoms with Gasteiger partial charge < -0.3 is 5.21 Å². The molecule has 0 aliphatic rings. The summed E-state index contributed by atoms with van der Waals surface area (Å²) in [5.41, 5.74) is 3.43. The number of sulfonamides is 1. The average Bonchev–Trinajstić information content (AvgIpc) is 2.70. The Morgan fingerprint density at radius 2 is 1.55 bits per heavy atom. The highest BCUT2D eigenvalue weighted by atomic mass is 32.2. The van der Waals surface area contributed by atoms with Gasteiger partial charge in [0.2, 0.25) is 16.1 Å². The first kappa shape index (κ1) is 20.8. The lowest BCUT2D eigenvalue weighted by atomic mass is 10.0. The lowest BCUT2D eigenvalue weighted by molar-refractivity contribution is -0.500. The third-order valence-electron chi connectivity index (χ3n) is 4.73. The average molecular weight is 409 g/mol. The summed E-state index contributed by atoms with van der Waals surface area (Å²) in [7, 11) is -3.73. The van der Waals surface area contributed by atoms with E-state index in [-0.39, 0.29) is 11.4 Å². The molecule has 0 saturated heterocycles. The van der Waals surface area contributed by atoms with Crippen molar-refractivity contribution in [3.05, 3.63) is 106 Å². The smallest absolute Gasteiger partial charge is 0.240 e. The van der Waals surface area contributed by atoms with Gasteiger partial charge in [0.15, 0.2) is 6.21 Å². The molecule has 0 fully saturated rings. The lowest BCUT2D eigenvalue weighted by Gasteiger charge is -2.20. The zero-order chi connectivity index (χ0) is 20.9. The Labute approximate surface area is 172 Å². The SMILES string of the molecule is Cc1ccc(S(=O)(=O)NCC(c2ccccc2C)/[N+]([O-])=C/c2ccccc2)cc1. The quantitative estimate of drug-likeness (QED) is 0.278. The van der Waals surface area contributed by atoms with Crippen LogP contribution in [0.2, 0.25) is 0 Å². The molecule has 1 unspecified atom stereocenters. The predicted octanol–water partition coefficient (Wildman–Crippen LogP) is 3.95. The van der Waals surface area contributed by atoms with Crippen LogP contribution in [0.4, 0.5) is 0 Å². The number of rotatable bonds is 7. The summed E-state index contributed by atoms with van der Waals surface area (Å²) in [5.74, 6) is 0. The molecule has 3 aromatic carbocycles. The van der Waals surface area contributed by atoms with Gasteiger partial charge in [-0.1, -0.05) is 60.2 Å². The van der Waals surface area contributed by atoms with Crippen molar-refractivity contribution in [2.75, 3.05) is 6.54 Å². The Bertz CT molecular complexity index is 1090. The zero-order valence-corrected chi connectivity index (χ0v) is 17.3. The van der Waals surface area contributed by atoms with Crippen molar-refractivity contribution in [2.24, 2.45) is 0 Å². The molecule has 0 aliphatic carbocycles. The van der Waals surface area contributed by atoms with Gasteiger partial charge in [0.1, 0.15) is 0 Å². The second kappa shape index (κ2) is 9.03. The summed E-state index contributed by atoms with van der Waals surface area (Å²) in [4.78, 5) is 0.177. The number of hydrogen-bond donors (Lipinski definition) is 1. The monoisotopic (exact) mass is 408 g/mol. The minimum atomic E-state index is -3.73. The van der Waals surface area contributed by atoms with Crippen molar-refractivity contribution >= 4 is 16.2 Å². The third kappa shape index (κ3) is 5.31. The molecule has 6 heteroatoms. The van der Waals surface area contributed by atoms with Crippen LogP contribution in [0.3, 0.4) is 0 Å². The van der Waals surface area contributed by atoms with E-state index in [2.05, 4.69) is 4.72 Å². The summed E-state index contributed by atoms with van der Waals surface area (Å²) in [6.07, 6.45) is 1.48. The van der Waals surface area contributed by atoms with Crippen LogP contribution < -0.4 is 4.72 Å². The predicted molar refractivity (Wildman–Crippen MR) is 116 cm³/mol. The highest BCUT2D eigenvalue weighted by Gasteiger charge is 2.24. The molecule has 0 amide bonds. The summed E-state index contributed by atoms with van der Waals surface area (Å²) in [6.45, 7) is 3.76. The van der Waals surface area contributed by atoms with Crippen molar-refractivity contribution in [3.63, 3.8) is 0 Å². The molecule has 0 spiro atoms. The summed E-state index contributed by atoms with van der Waals surface area (Å²) < 4.78 is 28.8. The van der Waals surface area contributed by atoms with Gasteiger partial charge in [0.25, 0.3) is 0 Å². The molecule has 0 saturated carbocycles. The van der Waals surface area contributed by atoms with Crippen LogP contribution in [0.5, 0.6) is 0 Å². The van der Waals surface area contributed by atoms with Crippen molar-refractivity contribution in [2.45, 2.75) is 24.8 Å². The fraction of sp³-hybridized carbons (Fsp3) is 0.174. The first-order valence-electron chi connectivity index (χ1n) is 9.34. The second-order valence-corrected chi connectivity index (χ2v) is 8.70. The summed E-state index contributed by atoms with van der Waals surface area (Å²) in [5, 5.41) is 13.0. The van der Waals surface area contributed by atoms with Gasteiger partial charge in [-0.15, -0.1) is 0 Å². The maximum Gasteiger partial charge on any atom is 0.240 e. The van der Waals surface area contributed by atoms with E-state index in [4.69, 9.17) is 0 Å². The van der Waals surface area contributed by atoms with Crippen LogP contribution in [0, 0.1) is 19.1 Å². The van der Waals surface area contributed by atoms with Crippen molar-refractivity contribution in [1.82, 2.24) is 4.72 Å². The molecule has 0 radical (unpaired) electrons. The summed E-state index contributed by atoms with van der Waals surface area (Å²) >= 11 is 0. The van der Waals surface area contributed by atoms with E-state index in [1.165, 1.54) is 6.21 Å². The van der Waals surface area contributed by atoms with E-state index in [1.807, 2.05) is 68.4 Å². The molecule has 5 nitrogen and oxygen atoms in total. The van der Waals surface area contributed by atoms with Crippen LogP contribution in [0.25, 0.3) is 0 Å². The van der Waals surface area contributed by atoms with E-state index < -0.39 is 16.1 Å². The molecule has 3 aromatic rings. The molecular formula is C23H24N2O3S. The van der Waals surface area contributed by atoms with Gasteiger partial charge in [-0.2, -0.15) is 0 Å². The maximum atomic E-state index is 13.0. The van der Waals surface area contributed by atoms with Crippen LogP contribution in [-0.2, 0) is 10.0 Å². The largest absolute Gasteiger partial charge is 0.623 e. The third-order valence-corrected chi connectivity index (χ3v) is 6.17. The Morgan fingerprint density at radius 3 is 2.21 bits per heavy atom. The van der Waals surface area contributed by atoms with Gasteiger partial charge in [-0.3, -0.25) is 0 Å². The minimum Gasteiger partial charge on any atom is -0.623 e. The standard InChI is InChI=1S/C23H24N2O3S/c1-18-12-14-21(15-13-18)29(27,28)24-16-23(22-11-7-6-8-19(22)2)25(26)17-20-9-4-3-5-10-20/h3-15,17,23-24H,16H2,1-2H3/b25-17-. The molecule has 0 heterocycles. The second-order valence-electron chi connectivity index (χ2n) is 6.94. The van der Waals surface area contributed by atoms with Crippen molar-refractivity contribution in [1.29, 1.82) is 0 Å². The number of aryl methyl sites for hydroxylation is 2. The molecular weight excluding hydrogens is 384 g/mol. The van der Waals surface area contributed by atoms with E-state index in [1.54, 1.807) is 24.3 Å². The zero-order valence-electron chi connectivity index (χ0n) is 16.4. The number of nitrogens with zero attached hydrogens (tertiary/aromatic N) is 1. The fourth-order valence-electron chi connectivity index (χ4n) is 3.06. The number of hydroxylamine groups is 1. The van der Waals surface area contributed by atoms with Gasteiger partial charge >= 0.3 is 0 Å². The number of hydrogen-bond acceptors (Lipinski definition) is 3. The summed E-state index contributed by atoms with van der Waals surface area (Å²) in [6, 6.07) is 22.7. The molecule has 0 aromatic heterocycles. The lowest BCUT2D eigenvalue weighted by Crippen LogP contribution is -2.33. The molecule has 0 bridgehead atoms. The van der Waals surface area contributed by atoms with Gasteiger partial charge in [0, 0.05) is 11.1 Å². The van der Waals surface area contributed by atoms with E-state index in [9.17, 15) is 13.6 Å². The van der Waals surface area contributed by atoms with Crippen molar-refractivity contribution < 1.29 is 13.2 Å². The topological polar surface area (TPSA) is 72.2 Å². The fourth-order valence-corrected chi connectivity index (χ4v) is 4.10. The maximum absolute atomic E-state index is 13.0. The van der Waals surface area contributed by atoms with Gasteiger partial charge in [-0.25, -0.2) is 17.9 Å². The van der Waals surface area contributed by atoms with Crippen LogP contribution in [-0.4, -0.2) is 25.9 Å². The van der Waals surface area contributed by atoms with Crippen LogP contribution >= 0.6 is 0 Å². The highest BCUT2D eigenvalue weighted by molar-refractivity contribution is 7.89. The van der Waals surface area contributed by atoms with Crippen LogP contribution in [0.1, 0.15) is 28.3 Å². The first-order chi connectivity index (χ1) is 13.9. The van der Waals surface area contributed by atoms with E-state index in [0.717, 1.165) is 27.0 Å². The Morgan fingerprint density at radius 1 is 0.931 bits per heavy atom. The Hall–Kier alpha value is -2.96. The first-order valence-corrected chi connectivity index (χ1v) is 10.8. The molecule has 29 heavy (non-hydrogen) atoms. The highest BCUT2D eigenvalue weighted by Crippen LogP contribution is 2.21. The number of benzene rings is 3. The molecule has 1 atom stereocenters. The van der Waals surface area contributed by atoms with E-state index in [0.29, 0.717) is 0 Å². The van der Waals surface area contributed by atoms with Gasteiger partial charge in [0.05, 0.1) is 11.4 Å². The van der Waals surface area contributed by atoms with Gasteiger partial charge in [-0.05, 0) is 43.7 Å². The number of nitrogens with one attached hydrogen (secondary N) is 1. The molecule has 0 aliphatic heterocycles. The molecule has 150 valence electrons. The molecule has 3 rings (SSSR count). The Balaban J connectivity index is 1.91. The van der Waals surface area contributed by atoms with Crippen LogP contribution in [0.15, 0.2) is 83.8 Å². The van der Waals surface area contributed by atoms with Crippen molar-refractivity contribution in [3.8, 4) is 0 Å². The minimum absolute atomic E-state index is 0.0477. The van der Waals surface area contributed by atoms with E-state index >= 15 is 0 Å².